The van der Waals surface area contributed by atoms with E-state index in [-0.39, 0.29) is 0 Å². The first-order valence-corrected chi connectivity index (χ1v) is 4.71. The predicted octanol–water partition coefficient (Wildman–Crippen LogP) is 2.44. The van der Waals surface area contributed by atoms with Crippen molar-refractivity contribution in [2.24, 2.45) is 5.92 Å². The van der Waals surface area contributed by atoms with Crippen molar-refractivity contribution in [2.75, 3.05) is 0 Å². The Balaban J connectivity index is 2.08. The van der Waals surface area contributed by atoms with Crippen LogP contribution in [0.2, 0.25) is 0 Å². The molecule has 2 atom stereocenters. The molecule has 0 aromatic carbocycles. The van der Waals surface area contributed by atoms with E-state index in [1.165, 1.54) is 4.88 Å². The minimum Gasteiger partial charge on any atom is -0.300 e. The standard InChI is InChI=1S/C9H10OS/c1-6(10)7-5-8(7)9-3-2-4-11-9/h2-4,7-8H,5H2,1H3/t7-,8-/m0/s1. The third-order valence-corrected chi connectivity index (χ3v) is 3.23. The zero-order chi connectivity index (χ0) is 7.84. The van der Waals surface area contributed by atoms with Crippen LogP contribution in [0.15, 0.2) is 17.5 Å². The first-order valence-electron chi connectivity index (χ1n) is 3.83. The van der Waals surface area contributed by atoms with Crippen LogP contribution in [0.4, 0.5) is 0 Å². The molecule has 0 saturated heterocycles. The average molecular weight is 166 g/mol. The Morgan fingerprint density at radius 1 is 1.73 bits per heavy atom. The van der Waals surface area contributed by atoms with Crippen LogP contribution in [0.25, 0.3) is 0 Å². The maximum Gasteiger partial charge on any atom is 0.133 e. The molecule has 1 aliphatic carbocycles. The van der Waals surface area contributed by atoms with E-state index in [4.69, 9.17) is 0 Å². The molecule has 1 saturated carbocycles. The summed E-state index contributed by atoms with van der Waals surface area (Å²) in [6.45, 7) is 1.69. The summed E-state index contributed by atoms with van der Waals surface area (Å²) in [5.41, 5.74) is 0. The molecule has 0 spiro atoms. The van der Waals surface area contributed by atoms with E-state index in [0.29, 0.717) is 17.6 Å². The van der Waals surface area contributed by atoms with Gasteiger partial charge in [0.25, 0.3) is 0 Å². The monoisotopic (exact) mass is 166 g/mol. The van der Waals surface area contributed by atoms with E-state index in [1.807, 2.05) is 0 Å². The molecule has 0 N–H and O–H groups in total. The van der Waals surface area contributed by atoms with Crippen LogP contribution in [-0.2, 0) is 4.79 Å². The van der Waals surface area contributed by atoms with Crippen LogP contribution in [0, 0.1) is 5.92 Å². The summed E-state index contributed by atoms with van der Waals surface area (Å²) >= 11 is 1.76. The summed E-state index contributed by atoms with van der Waals surface area (Å²) in [6, 6.07) is 4.17. The number of hydrogen-bond acceptors (Lipinski definition) is 2. The maximum absolute atomic E-state index is 10.9. The Morgan fingerprint density at radius 2 is 2.55 bits per heavy atom. The van der Waals surface area contributed by atoms with Gasteiger partial charge in [0.1, 0.15) is 5.78 Å². The molecule has 1 heterocycles. The van der Waals surface area contributed by atoms with Crippen molar-refractivity contribution in [3.05, 3.63) is 22.4 Å². The van der Waals surface area contributed by atoms with Crippen molar-refractivity contribution in [1.82, 2.24) is 0 Å². The minimum atomic E-state index is 0.341. The second-order valence-corrected chi connectivity index (χ2v) is 4.05. The Bertz CT molecular complexity index is 263. The Kier molecular flexibility index (Phi) is 1.57. The zero-order valence-corrected chi connectivity index (χ0v) is 7.23. The van der Waals surface area contributed by atoms with Gasteiger partial charge in [-0.2, -0.15) is 0 Å². The summed E-state index contributed by atoms with van der Waals surface area (Å²) in [4.78, 5) is 12.3. The van der Waals surface area contributed by atoms with Crippen molar-refractivity contribution in [2.45, 2.75) is 19.3 Å². The molecular weight excluding hydrogens is 156 g/mol. The first-order chi connectivity index (χ1) is 5.29. The van der Waals surface area contributed by atoms with E-state index in [0.717, 1.165) is 6.42 Å². The molecule has 1 aliphatic rings. The maximum atomic E-state index is 10.9. The molecule has 1 aromatic heterocycles. The third kappa shape index (κ3) is 1.23. The van der Waals surface area contributed by atoms with Crippen molar-refractivity contribution in [3.8, 4) is 0 Å². The van der Waals surface area contributed by atoms with Crippen LogP contribution < -0.4 is 0 Å². The van der Waals surface area contributed by atoms with E-state index in [9.17, 15) is 4.79 Å². The molecular formula is C9H10OS. The summed E-state index contributed by atoms with van der Waals surface area (Å²) < 4.78 is 0. The van der Waals surface area contributed by atoms with Gasteiger partial charge in [-0.3, -0.25) is 4.79 Å². The van der Waals surface area contributed by atoms with Crippen LogP contribution >= 0.6 is 11.3 Å². The number of thiophene rings is 1. The number of hydrogen-bond donors (Lipinski definition) is 0. The molecule has 1 aromatic rings. The van der Waals surface area contributed by atoms with E-state index < -0.39 is 0 Å². The summed E-state index contributed by atoms with van der Waals surface area (Å²) in [5, 5.41) is 2.07. The van der Waals surface area contributed by atoms with Gasteiger partial charge in [-0.25, -0.2) is 0 Å². The van der Waals surface area contributed by atoms with Crippen molar-refractivity contribution in [1.29, 1.82) is 0 Å². The SMILES string of the molecule is CC(=O)[C@@H]1C[C@@H]1c1cccs1. The number of rotatable bonds is 2. The lowest BCUT2D eigenvalue weighted by atomic mass is 10.2. The van der Waals surface area contributed by atoms with Gasteiger partial charge in [0, 0.05) is 16.7 Å². The van der Waals surface area contributed by atoms with E-state index in [1.54, 1.807) is 18.3 Å². The highest BCUT2D eigenvalue weighted by atomic mass is 32.1. The lowest BCUT2D eigenvalue weighted by molar-refractivity contribution is -0.118. The predicted molar refractivity (Wildman–Crippen MR) is 45.8 cm³/mol. The van der Waals surface area contributed by atoms with Crippen LogP contribution in [0.3, 0.4) is 0 Å². The average Bonchev–Trinajstić information content (AvgIpc) is 2.60. The smallest absolute Gasteiger partial charge is 0.133 e. The number of carbonyl (C=O) groups is 1. The number of Topliss-reactive ketones (excluding diaryl/α,β-unsaturated/α-hetero) is 1. The first kappa shape index (κ1) is 7.04. The fourth-order valence-electron chi connectivity index (χ4n) is 1.46. The lowest BCUT2D eigenvalue weighted by Crippen LogP contribution is -1.93. The second kappa shape index (κ2) is 2.45. The number of carbonyl (C=O) groups excluding carboxylic acids is 1. The highest BCUT2D eigenvalue weighted by Gasteiger charge is 2.42. The molecule has 0 aliphatic heterocycles. The van der Waals surface area contributed by atoms with Crippen molar-refractivity contribution < 1.29 is 4.79 Å². The summed E-state index contributed by atoms with van der Waals surface area (Å²) in [7, 11) is 0. The minimum absolute atomic E-state index is 0.341. The normalized spacial score (nSPS) is 28.5. The van der Waals surface area contributed by atoms with E-state index >= 15 is 0 Å². The zero-order valence-electron chi connectivity index (χ0n) is 6.41. The van der Waals surface area contributed by atoms with Gasteiger partial charge in [0.05, 0.1) is 0 Å². The van der Waals surface area contributed by atoms with Crippen LogP contribution in [0.1, 0.15) is 24.1 Å². The molecule has 0 amide bonds. The Labute approximate surface area is 70.1 Å². The molecule has 0 radical (unpaired) electrons. The second-order valence-electron chi connectivity index (χ2n) is 3.07. The highest BCUT2D eigenvalue weighted by molar-refractivity contribution is 7.10. The van der Waals surface area contributed by atoms with Crippen LogP contribution in [0.5, 0.6) is 0 Å². The lowest BCUT2D eigenvalue weighted by Gasteiger charge is -1.89. The topological polar surface area (TPSA) is 17.1 Å². The van der Waals surface area contributed by atoms with Gasteiger partial charge >= 0.3 is 0 Å². The van der Waals surface area contributed by atoms with Gasteiger partial charge in [-0.1, -0.05) is 6.07 Å². The summed E-state index contributed by atoms with van der Waals surface area (Å²) in [6.07, 6.45) is 1.08. The molecule has 0 bridgehead atoms. The molecule has 1 fully saturated rings. The molecule has 2 rings (SSSR count). The van der Waals surface area contributed by atoms with Gasteiger partial charge in [0.2, 0.25) is 0 Å². The molecule has 0 unspecified atom stereocenters. The fourth-order valence-corrected chi connectivity index (χ4v) is 2.37. The van der Waals surface area contributed by atoms with Crippen LogP contribution in [-0.4, -0.2) is 5.78 Å². The number of ketones is 1. The molecule has 11 heavy (non-hydrogen) atoms. The largest absolute Gasteiger partial charge is 0.300 e. The molecule has 58 valence electrons. The van der Waals surface area contributed by atoms with Gasteiger partial charge in [-0.05, 0) is 24.8 Å². The third-order valence-electron chi connectivity index (χ3n) is 2.22. The fraction of sp³-hybridized carbons (Fsp3) is 0.444. The van der Waals surface area contributed by atoms with Gasteiger partial charge in [0.15, 0.2) is 0 Å². The van der Waals surface area contributed by atoms with Crippen molar-refractivity contribution >= 4 is 17.1 Å². The Morgan fingerprint density at radius 3 is 3.00 bits per heavy atom. The van der Waals surface area contributed by atoms with Crippen molar-refractivity contribution in [3.63, 3.8) is 0 Å². The van der Waals surface area contributed by atoms with E-state index in [2.05, 4.69) is 17.5 Å². The van der Waals surface area contributed by atoms with Gasteiger partial charge < -0.3 is 0 Å². The Hall–Kier alpha value is -0.630. The quantitative estimate of drug-likeness (QED) is 0.659. The highest BCUT2D eigenvalue weighted by Crippen LogP contribution is 2.49. The molecule has 1 nitrogen and oxygen atoms in total. The summed E-state index contributed by atoms with van der Waals surface area (Å²) in [5.74, 6) is 1.25. The molecule has 2 heteroatoms. The van der Waals surface area contributed by atoms with Gasteiger partial charge in [-0.15, -0.1) is 11.3 Å².